The maximum absolute atomic E-state index is 6.24. The maximum Gasteiger partial charge on any atom is 0.129 e. The van der Waals surface area contributed by atoms with Crippen molar-refractivity contribution in [2.45, 2.75) is 6.92 Å². The maximum atomic E-state index is 6.24. The largest absolute Gasteiger partial charge is 0.383 e. The fraction of sp³-hybridized carbons (Fsp3) is 0.125. The van der Waals surface area contributed by atoms with Crippen molar-refractivity contribution in [3.05, 3.63) is 51.9 Å². The van der Waals surface area contributed by atoms with E-state index in [0.717, 1.165) is 22.4 Å². The molecule has 3 aromatic rings. The van der Waals surface area contributed by atoms with Gasteiger partial charge in [0.25, 0.3) is 0 Å². The van der Waals surface area contributed by atoms with E-state index < -0.39 is 0 Å². The summed E-state index contributed by atoms with van der Waals surface area (Å²) in [5.74, 6) is 0.661. The van der Waals surface area contributed by atoms with Crippen LogP contribution in [0.15, 0.2) is 42.7 Å². The van der Waals surface area contributed by atoms with Gasteiger partial charge in [0.1, 0.15) is 11.5 Å². The number of anilines is 1. The zero-order valence-corrected chi connectivity index (χ0v) is 14.0. The van der Waals surface area contributed by atoms with Gasteiger partial charge in [-0.3, -0.25) is 9.67 Å². The minimum absolute atomic E-state index is 0.661. The van der Waals surface area contributed by atoms with E-state index in [4.69, 9.17) is 5.73 Å². The van der Waals surface area contributed by atoms with E-state index in [9.17, 15) is 0 Å². The molecule has 1 aromatic carbocycles. The van der Waals surface area contributed by atoms with Crippen LogP contribution in [0.4, 0.5) is 5.82 Å². The van der Waals surface area contributed by atoms with E-state index in [1.165, 1.54) is 9.13 Å². The molecule has 2 N–H and O–H groups in total. The first kappa shape index (κ1) is 14.1. The van der Waals surface area contributed by atoms with Crippen LogP contribution in [-0.4, -0.2) is 14.8 Å². The van der Waals surface area contributed by atoms with Gasteiger partial charge in [-0.15, -0.1) is 0 Å². The first-order valence-corrected chi connectivity index (χ1v) is 7.66. The predicted molar refractivity (Wildman–Crippen MR) is 93.7 cm³/mol. The number of benzene rings is 1. The number of nitrogens with two attached hydrogens (primary N) is 1. The van der Waals surface area contributed by atoms with Crippen molar-refractivity contribution in [3.8, 4) is 22.4 Å². The number of hydrogen-bond acceptors (Lipinski definition) is 3. The Balaban J connectivity index is 2.30. The lowest BCUT2D eigenvalue weighted by Crippen LogP contribution is -1.97. The average molecular weight is 390 g/mol. The molecule has 4 nitrogen and oxygen atoms in total. The highest BCUT2D eigenvalue weighted by molar-refractivity contribution is 14.1. The lowest BCUT2D eigenvalue weighted by molar-refractivity contribution is 0.782. The molecule has 0 bridgehead atoms. The highest BCUT2D eigenvalue weighted by Crippen LogP contribution is 2.37. The van der Waals surface area contributed by atoms with Crippen molar-refractivity contribution in [1.82, 2.24) is 14.8 Å². The van der Waals surface area contributed by atoms with Gasteiger partial charge in [0.15, 0.2) is 0 Å². The van der Waals surface area contributed by atoms with Crippen LogP contribution in [0.5, 0.6) is 0 Å². The molecular weight excluding hydrogens is 375 g/mol. The Morgan fingerprint density at radius 2 is 1.86 bits per heavy atom. The fourth-order valence-corrected chi connectivity index (χ4v) is 2.97. The second-order valence-corrected chi connectivity index (χ2v) is 5.98. The van der Waals surface area contributed by atoms with Gasteiger partial charge in [-0.2, -0.15) is 5.10 Å². The SMILES string of the molecule is Cc1cccc(-c2nn(C)c(N)c2-c2ccncc2)c1I. The third-order valence-corrected chi connectivity index (χ3v) is 4.94. The molecule has 3 rings (SSSR count). The van der Waals surface area contributed by atoms with E-state index >= 15 is 0 Å². The topological polar surface area (TPSA) is 56.7 Å². The molecule has 0 saturated heterocycles. The number of halogens is 1. The lowest BCUT2D eigenvalue weighted by Gasteiger charge is -2.07. The Morgan fingerprint density at radius 3 is 2.57 bits per heavy atom. The third kappa shape index (κ3) is 2.42. The number of aryl methyl sites for hydroxylation is 2. The molecule has 0 aliphatic carbocycles. The molecule has 0 aliphatic rings. The van der Waals surface area contributed by atoms with Crippen LogP contribution in [0.3, 0.4) is 0 Å². The lowest BCUT2D eigenvalue weighted by atomic mass is 10.0. The smallest absolute Gasteiger partial charge is 0.129 e. The van der Waals surface area contributed by atoms with Crippen molar-refractivity contribution in [2.75, 3.05) is 5.73 Å². The zero-order chi connectivity index (χ0) is 15.0. The van der Waals surface area contributed by atoms with Gasteiger partial charge in [-0.25, -0.2) is 0 Å². The molecule has 0 radical (unpaired) electrons. The minimum Gasteiger partial charge on any atom is -0.383 e. The van der Waals surface area contributed by atoms with Gasteiger partial charge < -0.3 is 5.73 Å². The summed E-state index contributed by atoms with van der Waals surface area (Å²) in [7, 11) is 1.87. The van der Waals surface area contributed by atoms with Gasteiger partial charge in [-0.1, -0.05) is 18.2 Å². The van der Waals surface area contributed by atoms with E-state index in [0.29, 0.717) is 5.82 Å². The molecule has 5 heteroatoms. The van der Waals surface area contributed by atoms with Gasteiger partial charge in [0.05, 0.1) is 5.56 Å². The second kappa shape index (κ2) is 5.48. The number of aromatic nitrogens is 3. The number of rotatable bonds is 2. The van der Waals surface area contributed by atoms with Gasteiger partial charge in [0.2, 0.25) is 0 Å². The fourth-order valence-electron chi connectivity index (χ4n) is 2.36. The predicted octanol–water partition coefficient (Wildman–Crippen LogP) is 3.64. The average Bonchev–Trinajstić information content (AvgIpc) is 2.78. The Bertz CT molecular complexity index is 794. The Kier molecular flexibility index (Phi) is 3.67. The summed E-state index contributed by atoms with van der Waals surface area (Å²) in [5, 5.41) is 4.63. The summed E-state index contributed by atoms with van der Waals surface area (Å²) in [6.07, 6.45) is 3.54. The number of nitrogen functional groups attached to an aromatic ring is 1. The standard InChI is InChI=1S/C16H15IN4/c1-10-4-3-5-12(14(10)17)15-13(16(18)21(2)20-15)11-6-8-19-9-7-11/h3-9H,18H2,1-2H3. The summed E-state index contributed by atoms with van der Waals surface area (Å²) in [6.45, 7) is 2.10. The Labute approximate surface area is 137 Å². The Morgan fingerprint density at radius 1 is 1.14 bits per heavy atom. The summed E-state index contributed by atoms with van der Waals surface area (Å²) < 4.78 is 2.92. The number of pyridine rings is 1. The van der Waals surface area contributed by atoms with Crippen LogP contribution in [0.2, 0.25) is 0 Å². The van der Waals surface area contributed by atoms with E-state index in [1.807, 2.05) is 25.2 Å². The van der Waals surface area contributed by atoms with Crippen molar-refractivity contribution in [1.29, 1.82) is 0 Å². The summed E-state index contributed by atoms with van der Waals surface area (Å²) in [6, 6.07) is 10.2. The molecule has 0 unspecified atom stereocenters. The molecule has 0 fully saturated rings. The molecule has 0 aliphatic heterocycles. The molecule has 21 heavy (non-hydrogen) atoms. The minimum atomic E-state index is 0.661. The first-order chi connectivity index (χ1) is 10.1. The quantitative estimate of drug-likeness (QED) is 0.680. The molecular formula is C16H15IN4. The van der Waals surface area contributed by atoms with Crippen LogP contribution < -0.4 is 5.73 Å². The monoisotopic (exact) mass is 390 g/mol. The molecule has 0 atom stereocenters. The van der Waals surface area contributed by atoms with Crippen molar-refractivity contribution >= 4 is 28.4 Å². The van der Waals surface area contributed by atoms with Crippen LogP contribution in [0.1, 0.15) is 5.56 Å². The summed E-state index contributed by atoms with van der Waals surface area (Å²) in [5.41, 5.74) is 11.5. The second-order valence-electron chi connectivity index (χ2n) is 4.90. The molecule has 0 spiro atoms. The van der Waals surface area contributed by atoms with Crippen molar-refractivity contribution in [3.63, 3.8) is 0 Å². The third-order valence-electron chi connectivity index (χ3n) is 3.51. The van der Waals surface area contributed by atoms with E-state index in [2.05, 4.69) is 51.7 Å². The van der Waals surface area contributed by atoms with Crippen molar-refractivity contribution in [2.24, 2.45) is 7.05 Å². The van der Waals surface area contributed by atoms with Crippen molar-refractivity contribution < 1.29 is 0 Å². The van der Waals surface area contributed by atoms with Crippen LogP contribution in [0, 0.1) is 10.5 Å². The normalized spacial score (nSPS) is 10.8. The van der Waals surface area contributed by atoms with E-state index in [-0.39, 0.29) is 0 Å². The van der Waals surface area contributed by atoms with Gasteiger partial charge in [0, 0.05) is 28.6 Å². The Hall–Kier alpha value is -1.89. The highest BCUT2D eigenvalue weighted by atomic mass is 127. The molecule has 2 aromatic heterocycles. The van der Waals surface area contributed by atoms with E-state index in [1.54, 1.807) is 17.1 Å². The molecule has 0 saturated carbocycles. The zero-order valence-electron chi connectivity index (χ0n) is 11.8. The molecule has 0 amide bonds. The molecule has 106 valence electrons. The van der Waals surface area contributed by atoms with Gasteiger partial charge in [-0.05, 0) is 52.8 Å². The first-order valence-electron chi connectivity index (χ1n) is 6.58. The van der Waals surface area contributed by atoms with Crippen LogP contribution in [0.25, 0.3) is 22.4 Å². The summed E-state index contributed by atoms with van der Waals surface area (Å²) >= 11 is 2.36. The van der Waals surface area contributed by atoms with Gasteiger partial charge >= 0.3 is 0 Å². The number of hydrogen-bond donors (Lipinski definition) is 1. The molecule has 2 heterocycles. The van der Waals surface area contributed by atoms with Crippen LogP contribution >= 0.6 is 22.6 Å². The van der Waals surface area contributed by atoms with Crippen LogP contribution in [-0.2, 0) is 7.05 Å². The number of nitrogens with zero attached hydrogens (tertiary/aromatic N) is 3. The highest BCUT2D eigenvalue weighted by Gasteiger charge is 2.19. The summed E-state index contributed by atoms with van der Waals surface area (Å²) in [4.78, 5) is 4.07.